The van der Waals surface area contributed by atoms with E-state index in [1.54, 1.807) is 7.11 Å². The third-order valence-corrected chi connectivity index (χ3v) is 4.58. The fourth-order valence-electron chi connectivity index (χ4n) is 3.07. The van der Waals surface area contributed by atoms with Crippen LogP contribution in [0.3, 0.4) is 0 Å². The Kier molecular flexibility index (Phi) is 7.53. The molecule has 1 saturated heterocycles. The molecule has 1 aliphatic rings. The van der Waals surface area contributed by atoms with Gasteiger partial charge in [-0.2, -0.15) is 0 Å². The van der Waals surface area contributed by atoms with Gasteiger partial charge in [0, 0.05) is 13.7 Å². The highest BCUT2D eigenvalue weighted by molar-refractivity contribution is 5.83. The highest BCUT2D eigenvalue weighted by atomic mass is 16.5. The molecule has 24 heavy (non-hydrogen) atoms. The molecule has 0 atom stereocenters. The number of benzene rings is 1. The van der Waals surface area contributed by atoms with Crippen molar-refractivity contribution in [2.75, 3.05) is 33.4 Å². The number of unbranched alkanes of at least 4 members (excludes halogenated alkanes) is 1. The lowest BCUT2D eigenvalue weighted by molar-refractivity contribution is -0.136. The van der Waals surface area contributed by atoms with Gasteiger partial charge >= 0.3 is 0 Å². The van der Waals surface area contributed by atoms with Gasteiger partial charge in [-0.1, -0.05) is 25.5 Å². The highest BCUT2D eigenvalue weighted by Gasteiger charge is 2.39. The van der Waals surface area contributed by atoms with Crippen molar-refractivity contribution in [3.05, 3.63) is 29.8 Å². The van der Waals surface area contributed by atoms with Gasteiger partial charge in [0.05, 0.1) is 18.6 Å². The lowest BCUT2D eigenvalue weighted by Crippen LogP contribution is -2.49. The topological polar surface area (TPSA) is 59.6 Å². The van der Waals surface area contributed by atoms with E-state index in [2.05, 4.69) is 17.6 Å². The predicted molar refractivity (Wildman–Crippen MR) is 95.1 cm³/mol. The van der Waals surface area contributed by atoms with E-state index in [1.807, 2.05) is 24.3 Å². The molecule has 5 nitrogen and oxygen atoms in total. The molecule has 134 valence electrons. The molecule has 0 aliphatic carbocycles. The normalized spacial score (nSPS) is 16.6. The van der Waals surface area contributed by atoms with E-state index in [4.69, 9.17) is 9.47 Å². The van der Waals surface area contributed by atoms with Gasteiger partial charge in [0.15, 0.2) is 0 Å². The molecular formula is C19H30N2O3. The smallest absolute Gasteiger partial charge is 0.228 e. The Labute approximate surface area is 145 Å². The molecule has 1 aromatic carbocycles. The number of carbonyl (C=O) groups is 1. The monoisotopic (exact) mass is 334 g/mol. The number of hydrogen-bond donors (Lipinski definition) is 2. The van der Waals surface area contributed by atoms with Gasteiger partial charge in [-0.3, -0.25) is 4.79 Å². The molecule has 0 aromatic heterocycles. The Balaban J connectivity index is 1.91. The average Bonchev–Trinajstić information content (AvgIpc) is 2.61. The number of piperidine rings is 1. The first kappa shape index (κ1) is 18.7. The van der Waals surface area contributed by atoms with Crippen LogP contribution in [0.4, 0.5) is 0 Å². The molecule has 1 aromatic rings. The van der Waals surface area contributed by atoms with Crippen LogP contribution in [0.1, 0.15) is 38.2 Å². The Morgan fingerprint density at radius 1 is 1.33 bits per heavy atom. The molecule has 5 heteroatoms. The van der Waals surface area contributed by atoms with Crippen molar-refractivity contribution < 1.29 is 14.3 Å². The molecule has 2 N–H and O–H groups in total. The average molecular weight is 334 g/mol. The highest BCUT2D eigenvalue weighted by Crippen LogP contribution is 2.29. The van der Waals surface area contributed by atoms with Gasteiger partial charge in [-0.15, -0.1) is 0 Å². The maximum absolute atomic E-state index is 12.7. The van der Waals surface area contributed by atoms with Crippen LogP contribution in [-0.4, -0.2) is 39.3 Å². The summed E-state index contributed by atoms with van der Waals surface area (Å²) in [5.41, 5.74) is 0.647. The van der Waals surface area contributed by atoms with E-state index in [0.29, 0.717) is 13.2 Å². The number of nitrogens with one attached hydrogen (secondary N) is 2. The molecule has 0 radical (unpaired) electrons. The largest absolute Gasteiger partial charge is 0.494 e. The maximum Gasteiger partial charge on any atom is 0.228 e. The first-order valence-electron chi connectivity index (χ1n) is 8.90. The molecule has 0 unspecified atom stereocenters. The van der Waals surface area contributed by atoms with Crippen molar-refractivity contribution in [1.29, 1.82) is 0 Å². The van der Waals surface area contributed by atoms with Gasteiger partial charge in [-0.05, 0) is 50.0 Å². The SMILES string of the molecule is CCCCOc1cccc(CNC(=O)C2(COC)CCNCC2)c1. The third kappa shape index (κ3) is 5.21. The van der Waals surface area contributed by atoms with Crippen LogP contribution in [0.15, 0.2) is 24.3 Å². The predicted octanol–water partition coefficient (Wildman–Crippen LogP) is 2.50. The molecule has 0 spiro atoms. The van der Waals surface area contributed by atoms with Crippen LogP contribution in [0.25, 0.3) is 0 Å². The quantitative estimate of drug-likeness (QED) is 0.681. The summed E-state index contributed by atoms with van der Waals surface area (Å²) in [6, 6.07) is 7.94. The van der Waals surface area contributed by atoms with Gasteiger partial charge in [0.25, 0.3) is 0 Å². The Hall–Kier alpha value is -1.59. The summed E-state index contributed by atoms with van der Waals surface area (Å²) in [4.78, 5) is 12.7. The van der Waals surface area contributed by atoms with E-state index in [-0.39, 0.29) is 5.91 Å². The van der Waals surface area contributed by atoms with E-state index >= 15 is 0 Å². The first-order chi connectivity index (χ1) is 11.7. The van der Waals surface area contributed by atoms with Crippen LogP contribution in [-0.2, 0) is 16.1 Å². The van der Waals surface area contributed by atoms with Crippen molar-refractivity contribution in [2.24, 2.45) is 5.41 Å². The minimum absolute atomic E-state index is 0.0863. The zero-order valence-corrected chi connectivity index (χ0v) is 14.9. The van der Waals surface area contributed by atoms with Crippen LogP contribution in [0.5, 0.6) is 5.75 Å². The fourth-order valence-corrected chi connectivity index (χ4v) is 3.07. The number of ether oxygens (including phenoxy) is 2. The molecule has 1 heterocycles. The number of rotatable bonds is 9. The van der Waals surface area contributed by atoms with E-state index < -0.39 is 5.41 Å². The van der Waals surface area contributed by atoms with Gasteiger partial charge in [0.2, 0.25) is 5.91 Å². The van der Waals surface area contributed by atoms with E-state index in [0.717, 1.165) is 56.7 Å². The minimum Gasteiger partial charge on any atom is -0.494 e. The van der Waals surface area contributed by atoms with Crippen LogP contribution >= 0.6 is 0 Å². The summed E-state index contributed by atoms with van der Waals surface area (Å²) in [6.07, 6.45) is 3.79. The summed E-state index contributed by atoms with van der Waals surface area (Å²) in [5.74, 6) is 0.951. The summed E-state index contributed by atoms with van der Waals surface area (Å²) in [6.45, 7) is 5.58. The van der Waals surface area contributed by atoms with Crippen molar-refractivity contribution in [3.63, 3.8) is 0 Å². The molecule has 0 saturated carbocycles. The van der Waals surface area contributed by atoms with Crippen molar-refractivity contribution >= 4 is 5.91 Å². The van der Waals surface area contributed by atoms with Gasteiger partial charge in [-0.25, -0.2) is 0 Å². The van der Waals surface area contributed by atoms with E-state index in [1.165, 1.54) is 0 Å². The summed E-state index contributed by atoms with van der Waals surface area (Å²) in [5, 5.41) is 6.39. The summed E-state index contributed by atoms with van der Waals surface area (Å²) >= 11 is 0. The lowest BCUT2D eigenvalue weighted by atomic mass is 9.78. The Bertz CT molecular complexity index is 508. The van der Waals surface area contributed by atoms with Gasteiger partial charge < -0.3 is 20.1 Å². The van der Waals surface area contributed by atoms with Crippen LogP contribution in [0, 0.1) is 5.41 Å². The Morgan fingerprint density at radius 2 is 2.12 bits per heavy atom. The zero-order valence-electron chi connectivity index (χ0n) is 14.9. The summed E-state index contributed by atoms with van der Waals surface area (Å²) < 4.78 is 11.1. The lowest BCUT2D eigenvalue weighted by Gasteiger charge is -2.35. The molecule has 1 fully saturated rings. The second kappa shape index (κ2) is 9.64. The number of amides is 1. The second-order valence-electron chi connectivity index (χ2n) is 6.50. The molecule has 0 bridgehead atoms. The first-order valence-corrected chi connectivity index (χ1v) is 8.90. The van der Waals surface area contributed by atoms with Crippen molar-refractivity contribution in [2.45, 2.75) is 39.2 Å². The molecule has 2 rings (SSSR count). The van der Waals surface area contributed by atoms with Crippen LogP contribution in [0.2, 0.25) is 0 Å². The number of hydrogen-bond acceptors (Lipinski definition) is 4. The standard InChI is InChI=1S/C19H30N2O3/c1-3-4-12-24-17-7-5-6-16(13-17)14-21-18(22)19(15-23-2)8-10-20-11-9-19/h5-7,13,20H,3-4,8-12,14-15H2,1-2H3,(H,21,22). The third-order valence-electron chi connectivity index (χ3n) is 4.58. The number of carbonyl (C=O) groups excluding carboxylic acids is 1. The minimum atomic E-state index is -0.408. The number of methoxy groups -OCH3 is 1. The van der Waals surface area contributed by atoms with Crippen molar-refractivity contribution in [1.82, 2.24) is 10.6 Å². The molecule has 1 aliphatic heterocycles. The van der Waals surface area contributed by atoms with Crippen molar-refractivity contribution in [3.8, 4) is 5.75 Å². The Morgan fingerprint density at radius 3 is 2.83 bits per heavy atom. The zero-order chi connectivity index (χ0) is 17.3. The molecular weight excluding hydrogens is 304 g/mol. The van der Waals surface area contributed by atoms with Crippen LogP contribution < -0.4 is 15.4 Å². The second-order valence-corrected chi connectivity index (χ2v) is 6.50. The van der Waals surface area contributed by atoms with Gasteiger partial charge in [0.1, 0.15) is 5.75 Å². The van der Waals surface area contributed by atoms with E-state index in [9.17, 15) is 4.79 Å². The summed E-state index contributed by atoms with van der Waals surface area (Å²) in [7, 11) is 1.66. The molecule has 1 amide bonds. The maximum atomic E-state index is 12.7. The fraction of sp³-hybridized carbons (Fsp3) is 0.632.